The molecule has 96 valence electrons. The molecule has 1 heterocycles. The summed E-state index contributed by atoms with van der Waals surface area (Å²) in [6.07, 6.45) is 2.60. The van der Waals surface area contributed by atoms with Gasteiger partial charge in [0.05, 0.1) is 12.0 Å². The van der Waals surface area contributed by atoms with Crippen LogP contribution >= 0.6 is 27.7 Å². The fraction of sp³-hybridized carbons (Fsp3) is 0.286. The highest BCUT2D eigenvalue weighted by Gasteiger charge is 2.05. The van der Waals surface area contributed by atoms with E-state index < -0.39 is 0 Å². The number of hydrogen-bond acceptors (Lipinski definition) is 3. The molecule has 2 rings (SSSR count). The molecule has 0 amide bonds. The summed E-state index contributed by atoms with van der Waals surface area (Å²) in [7, 11) is 0. The fourth-order valence-corrected chi connectivity index (χ4v) is 3.21. The van der Waals surface area contributed by atoms with Crippen LogP contribution in [0.15, 0.2) is 50.4 Å². The van der Waals surface area contributed by atoms with Gasteiger partial charge in [0.1, 0.15) is 5.76 Å². The lowest BCUT2D eigenvalue weighted by atomic mass is 10.1. The highest BCUT2D eigenvalue weighted by atomic mass is 79.9. The first-order valence-electron chi connectivity index (χ1n) is 5.84. The lowest BCUT2D eigenvalue weighted by Crippen LogP contribution is -2.17. The van der Waals surface area contributed by atoms with E-state index in [1.54, 1.807) is 18.0 Å². The predicted molar refractivity (Wildman–Crippen MR) is 79.8 cm³/mol. The zero-order valence-corrected chi connectivity index (χ0v) is 12.6. The van der Waals surface area contributed by atoms with Gasteiger partial charge in [-0.2, -0.15) is 0 Å². The van der Waals surface area contributed by atoms with E-state index in [0.29, 0.717) is 0 Å². The van der Waals surface area contributed by atoms with Gasteiger partial charge in [0.25, 0.3) is 0 Å². The molecule has 2 N–H and O–H groups in total. The van der Waals surface area contributed by atoms with Gasteiger partial charge >= 0.3 is 0 Å². The SMILES string of the molecule is CC(N)Cc1ccc(SCc2ccco2)cc1Br. The number of rotatable bonds is 5. The van der Waals surface area contributed by atoms with Crippen molar-refractivity contribution in [2.24, 2.45) is 5.73 Å². The molecular weight excluding hydrogens is 310 g/mol. The molecule has 1 atom stereocenters. The van der Waals surface area contributed by atoms with Crippen LogP contribution < -0.4 is 5.73 Å². The van der Waals surface area contributed by atoms with Crippen molar-refractivity contribution >= 4 is 27.7 Å². The van der Waals surface area contributed by atoms with Crippen molar-refractivity contribution in [3.05, 3.63) is 52.4 Å². The summed E-state index contributed by atoms with van der Waals surface area (Å²) in [5, 5.41) is 0. The molecule has 0 fully saturated rings. The summed E-state index contributed by atoms with van der Waals surface area (Å²) in [4.78, 5) is 1.23. The van der Waals surface area contributed by atoms with Crippen LogP contribution in [0.3, 0.4) is 0 Å². The maximum absolute atomic E-state index is 5.82. The van der Waals surface area contributed by atoms with E-state index in [4.69, 9.17) is 10.2 Å². The van der Waals surface area contributed by atoms with Gasteiger partial charge < -0.3 is 10.2 Å². The first-order valence-corrected chi connectivity index (χ1v) is 7.62. The number of hydrogen-bond donors (Lipinski definition) is 1. The second-order valence-corrected chi connectivity index (χ2v) is 6.21. The monoisotopic (exact) mass is 325 g/mol. The molecule has 0 aliphatic rings. The molecule has 18 heavy (non-hydrogen) atoms. The topological polar surface area (TPSA) is 39.2 Å². The van der Waals surface area contributed by atoms with Crippen molar-refractivity contribution in [2.75, 3.05) is 0 Å². The maximum atomic E-state index is 5.82. The van der Waals surface area contributed by atoms with Crippen LogP contribution in [0.2, 0.25) is 0 Å². The van der Waals surface area contributed by atoms with Gasteiger partial charge in [-0.3, -0.25) is 0 Å². The summed E-state index contributed by atoms with van der Waals surface area (Å²) >= 11 is 5.37. The van der Waals surface area contributed by atoms with E-state index in [-0.39, 0.29) is 6.04 Å². The summed E-state index contributed by atoms with van der Waals surface area (Å²) in [6, 6.07) is 10.5. The Morgan fingerprint density at radius 2 is 2.22 bits per heavy atom. The van der Waals surface area contributed by atoms with E-state index in [9.17, 15) is 0 Å². The van der Waals surface area contributed by atoms with Crippen molar-refractivity contribution in [1.82, 2.24) is 0 Å². The third-order valence-corrected chi connectivity index (χ3v) is 4.28. The fourth-order valence-electron chi connectivity index (χ4n) is 1.68. The molecule has 0 bridgehead atoms. The Hall–Kier alpha value is -0.710. The Morgan fingerprint density at radius 1 is 1.39 bits per heavy atom. The molecule has 2 nitrogen and oxygen atoms in total. The van der Waals surface area contributed by atoms with Crippen LogP contribution in [0.1, 0.15) is 18.2 Å². The van der Waals surface area contributed by atoms with Crippen LogP contribution in [0.25, 0.3) is 0 Å². The van der Waals surface area contributed by atoms with E-state index in [1.165, 1.54) is 10.5 Å². The van der Waals surface area contributed by atoms with Gasteiger partial charge in [0.2, 0.25) is 0 Å². The van der Waals surface area contributed by atoms with E-state index in [2.05, 4.69) is 34.1 Å². The number of benzene rings is 1. The zero-order chi connectivity index (χ0) is 13.0. The highest BCUT2D eigenvalue weighted by Crippen LogP contribution is 2.28. The Kier molecular flexibility index (Phi) is 4.92. The van der Waals surface area contributed by atoms with Gasteiger partial charge in [-0.25, -0.2) is 0 Å². The van der Waals surface area contributed by atoms with Crippen LogP contribution in [0.5, 0.6) is 0 Å². The van der Waals surface area contributed by atoms with E-state index >= 15 is 0 Å². The van der Waals surface area contributed by atoms with Crippen LogP contribution in [-0.4, -0.2) is 6.04 Å². The van der Waals surface area contributed by atoms with Gasteiger partial charge in [-0.1, -0.05) is 22.0 Å². The molecule has 0 radical (unpaired) electrons. The summed E-state index contributed by atoms with van der Waals surface area (Å²) < 4.78 is 6.44. The standard InChI is InChI=1S/C14H16BrNOS/c1-10(16)7-11-4-5-13(8-14(11)15)18-9-12-3-2-6-17-12/h2-6,8,10H,7,9,16H2,1H3. The Balaban J connectivity index is 2.00. The molecule has 4 heteroatoms. The molecule has 2 aromatic rings. The average molecular weight is 326 g/mol. The number of halogens is 1. The van der Waals surface area contributed by atoms with Crippen LogP contribution in [-0.2, 0) is 12.2 Å². The first kappa shape index (κ1) is 13.7. The number of nitrogens with two attached hydrogens (primary N) is 1. The maximum Gasteiger partial charge on any atom is 0.113 e. The van der Waals surface area contributed by atoms with E-state index in [1.807, 2.05) is 19.1 Å². The normalized spacial score (nSPS) is 12.6. The summed E-state index contributed by atoms with van der Waals surface area (Å²) in [6.45, 7) is 2.02. The molecule has 0 saturated carbocycles. The lowest BCUT2D eigenvalue weighted by Gasteiger charge is -2.09. The molecule has 0 saturated heterocycles. The third kappa shape index (κ3) is 3.90. The van der Waals surface area contributed by atoms with E-state index in [0.717, 1.165) is 22.4 Å². The van der Waals surface area contributed by atoms with Crippen molar-refractivity contribution < 1.29 is 4.42 Å². The second kappa shape index (κ2) is 6.45. The third-order valence-electron chi connectivity index (χ3n) is 2.53. The van der Waals surface area contributed by atoms with Gasteiger partial charge in [-0.15, -0.1) is 11.8 Å². The predicted octanol–water partition coefficient (Wildman–Crippen LogP) is 4.22. The Morgan fingerprint density at radius 3 is 2.83 bits per heavy atom. The quantitative estimate of drug-likeness (QED) is 0.836. The van der Waals surface area contributed by atoms with Crippen LogP contribution in [0.4, 0.5) is 0 Å². The lowest BCUT2D eigenvalue weighted by molar-refractivity contribution is 0.530. The minimum Gasteiger partial charge on any atom is -0.468 e. The van der Waals surface area contributed by atoms with Gasteiger partial charge in [-0.05, 0) is 43.2 Å². The highest BCUT2D eigenvalue weighted by molar-refractivity contribution is 9.10. The number of thioether (sulfide) groups is 1. The minimum absolute atomic E-state index is 0.183. The molecule has 1 unspecified atom stereocenters. The molecule has 0 aliphatic heterocycles. The molecular formula is C14H16BrNOS. The minimum atomic E-state index is 0.183. The molecule has 0 aliphatic carbocycles. The number of furan rings is 1. The Labute approximate surface area is 120 Å². The van der Waals surface area contributed by atoms with Crippen molar-refractivity contribution in [2.45, 2.75) is 30.0 Å². The second-order valence-electron chi connectivity index (χ2n) is 4.30. The molecule has 0 spiro atoms. The largest absolute Gasteiger partial charge is 0.468 e. The van der Waals surface area contributed by atoms with Crippen LogP contribution in [0, 0.1) is 0 Å². The summed E-state index contributed by atoms with van der Waals surface area (Å²) in [5.41, 5.74) is 7.07. The average Bonchev–Trinajstić information content (AvgIpc) is 2.82. The first-order chi connectivity index (χ1) is 8.65. The smallest absolute Gasteiger partial charge is 0.113 e. The summed E-state index contributed by atoms with van der Waals surface area (Å²) in [5.74, 6) is 1.85. The van der Waals surface area contributed by atoms with Crippen molar-refractivity contribution in [3.8, 4) is 0 Å². The van der Waals surface area contributed by atoms with Crippen molar-refractivity contribution in [3.63, 3.8) is 0 Å². The zero-order valence-electron chi connectivity index (χ0n) is 10.2. The van der Waals surface area contributed by atoms with Gasteiger partial charge in [0.15, 0.2) is 0 Å². The Bertz CT molecular complexity index is 497. The molecule has 1 aromatic heterocycles. The van der Waals surface area contributed by atoms with Gasteiger partial charge in [0, 0.05) is 15.4 Å². The molecule has 1 aromatic carbocycles. The van der Waals surface area contributed by atoms with Crippen molar-refractivity contribution in [1.29, 1.82) is 0 Å².